The van der Waals surface area contributed by atoms with Gasteiger partial charge in [0.2, 0.25) is 0 Å². The van der Waals surface area contributed by atoms with Crippen LogP contribution in [0.3, 0.4) is 0 Å². The molecule has 0 bridgehead atoms. The smallest absolute Gasteiger partial charge is 0.333 e. The zero-order valence-corrected chi connectivity index (χ0v) is 70.6. The lowest BCUT2D eigenvalue weighted by Gasteiger charge is -2.34. The molecule has 112 heavy (non-hydrogen) atoms. The molecule has 4 aliphatic rings. The molecule has 556 valence electrons. The average molecular weight is 1460 g/mol. The standard InChI is InChI=1S/C106H106B2N4/c1-99(2,3)67-43-63(44-68(55-67)100(4,5)6)59-31-39-87-83(51-59)79-37-35-75-77-27-25-29-81-93(77)111(107-85-53-61(33-41-89(85)109(87)95(79)91(75)107)65-47-71(103(13,14)15)57-72(48-65)104(16,17)18)97-82-30-26-28-78-76-36-38-80-84-52-60(64-45-69(101(7,8)9)56-70(46-64)102(10,11)12)32-40-88(84)110-90-42-34-62(66-49-73(105(19,20)21)58-74(50-66)106(22,23)24)54-86(90)108(92(76)96(80)110)112(94(78)82)98(81)97/h25-58H,1-24H3. The molecule has 0 saturated heterocycles. The molecule has 4 aliphatic heterocycles. The van der Waals surface area contributed by atoms with Crippen molar-refractivity contribution in [3.05, 3.63) is 251 Å². The Morgan fingerprint density at radius 2 is 0.482 bits per heavy atom. The topological polar surface area (TPSA) is 19.7 Å². The van der Waals surface area contributed by atoms with Gasteiger partial charge in [0.25, 0.3) is 0 Å². The minimum absolute atomic E-state index is 0.0220. The van der Waals surface area contributed by atoms with Crippen LogP contribution in [0.25, 0.3) is 155 Å². The predicted octanol–water partition coefficient (Wildman–Crippen LogP) is 25.9. The van der Waals surface area contributed by atoms with Crippen LogP contribution in [-0.4, -0.2) is 31.8 Å². The minimum Gasteiger partial charge on any atom is -0.374 e. The Morgan fingerprint density at radius 3 is 0.768 bits per heavy atom. The van der Waals surface area contributed by atoms with Gasteiger partial charge in [-0.05, 0) is 202 Å². The van der Waals surface area contributed by atoms with Crippen LogP contribution in [0, 0.1) is 0 Å². The first-order chi connectivity index (χ1) is 52.6. The lowest BCUT2D eigenvalue weighted by Crippen LogP contribution is -2.55. The first kappa shape index (κ1) is 70.8. The van der Waals surface area contributed by atoms with Gasteiger partial charge in [0.15, 0.2) is 0 Å². The van der Waals surface area contributed by atoms with Crippen LogP contribution in [0.1, 0.15) is 211 Å². The summed E-state index contributed by atoms with van der Waals surface area (Å²) in [6, 6.07) is 84.2. The van der Waals surface area contributed by atoms with Crippen LogP contribution < -0.4 is 21.9 Å². The Balaban J connectivity index is 0.890. The molecule has 0 radical (unpaired) electrons. The monoisotopic (exact) mass is 1460 g/mol. The van der Waals surface area contributed by atoms with Crippen LogP contribution in [0.5, 0.6) is 0 Å². The predicted molar refractivity (Wildman–Crippen MR) is 487 cm³/mol. The molecule has 0 unspecified atom stereocenters. The van der Waals surface area contributed by atoms with Crippen molar-refractivity contribution in [2.24, 2.45) is 0 Å². The molecule has 0 saturated carbocycles. The Labute approximate surface area is 664 Å². The molecular formula is C106H106B2N4. The minimum atomic E-state index is -0.194. The molecule has 0 fully saturated rings. The van der Waals surface area contributed by atoms with Gasteiger partial charge in [-0.15, -0.1) is 0 Å². The van der Waals surface area contributed by atoms with Gasteiger partial charge >= 0.3 is 13.7 Å². The molecule has 4 nitrogen and oxygen atoms in total. The molecule has 0 N–H and O–H groups in total. The van der Waals surface area contributed by atoms with Gasteiger partial charge in [0, 0.05) is 65.9 Å². The third-order valence-electron chi connectivity index (χ3n) is 26.5. The quantitative estimate of drug-likeness (QED) is 0.157. The SMILES string of the molecule is CC(C)(C)c1cc(-c2ccc3c(c2)B2c4c(ccc5c6cc(-c7cc(C(C)(C)C)cc(C(C)(C)C)c7)ccc6n-3c45)-c3cccc4c3n2c2c3cccc5c3n(c42)B2c3cc(-c4cc(C(C)(C)C)cc(C(C)(C)C)c4)ccc3-n3c4ccc(-c6cc(C(C)(C)C)cc(C(C)(C)C)c6)cc4c4ccc-5c2c43)cc(C(C)(C)C)c1. The molecule has 12 aromatic carbocycles. The van der Waals surface area contributed by atoms with Crippen LogP contribution in [0.4, 0.5) is 0 Å². The van der Waals surface area contributed by atoms with E-state index in [0.717, 1.165) is 0 Å². The van der Waals surface area contributed by atoms with Crippen molar-refractivity contribution >= 4 is 112 Å². The third kappa shape index (κ3) is 10.3. The summed E-state index contributed by atoms with van der Waals surface area (Å²) in [5.74, 6) is 0. The largest absolute Gasteiger partial charge is 0.374 e. The number of hydrogen-bond donors (Lipinski definition) is 0. The van der Waals surface area contributed by atoms with Crippen molar-refractivity contribution in [1.29, 1.82) is 0 Å². The second-order valence-corrected chi connectivity index (χ2v) is 42.4. The Bertz CT molecular complexity index is 6340. The van der Waals surface area contributed by atoms with Crippen LogP contribution in [-0.2, 0) is 43.3 Å². The molecule has 0 spiro atoms. The van der Waals surface area contributed by atoms with E-state index in [1.54, 1.807) is 0 Å². The molecule has 16 aromatic rings. The van der Waals surface area contributed by atoms with Crippen LogP contribution in [0.15, 0.2) is 206 Å². The second kappa shape index (κ2) is 22.8. The lowest BCUT2D eigenvalue weighted by atomic mass is 9.45. The maximum Gasteiger partial charge on any atom is 0.333 e. The van der Waals surface area contributed by atoms with E-state index in [9.17, 15) is 0 Å². The van der Waals surface area contributed by atoms with Gasteiger partial charge in [0.05, 0.1) is 33.1 Å². The number of para-hydroxylation sites is 2. The Morgan fingerprint density at radius 1 is 0.205 bits per heavy atom. The molecular weight excluding hydrogens is 1350 g/mol. The average Bonchev–Trinajstić information content (AvgIpc) is 1.48. The number of nitrogens with zero attached hydrogens (tertiary/aromatic N) is 4. The number of benzene rings is 12. The molecule has 4 aromatic heterocycles. The van der Waals surface area contributed by atoms with E-state index in [1.807, 2.05) is 0 Å². The van der Waals surface area contributed by atoms with E-state index in [4.69, 9.17) is 0 Å². The highest BCUT2D eigenvalue weighted by Crippen LogP contribution is 2.52. The zero-order valence-electron chi connectivity index (χ0n) is 70.6. The molecule has 0 atom stereocenters. The summed E-state index contributed by atoms with van der Waals surface area (Å²) in [6.45, 7) is 56.3. The van der Waals surface area contributed by atoms with Gasteiger partial charge < -0.3 is 18.1 Å². The summed E-state index contributed by atoms with van der Waals surface area (Å²) < 4.78 is 11.1. The number of hydrogen-bond acceptors (Lipinski definition) is 0. The highest BCUT2D eigenvalue weighted by Gasteiger charge is 2.47. The number of fused-ring (bicyclic) bond motifs is 21. The van der Waals surface area contributed by atoms with E-state index >= 15 is 0 Å². The fraction of sp³-hybridized carbons (Fsp3) is 0.302. The second-order valence-electron chi connectivity index (χ2n) is 42.4. The van der Waals surface area contributed by atoms with E-state index in [2.05, 4.69) is 391 Å². The summed E-state index contributed by atoms with van der Waals surface area (Å²) in [6.07, 6.45) is 0. The zero-order chi connectivity index (χ0) is 78.6. The fourth-order valence-corrected chi connectivity index (χ4v) is 19.9. The van der Waals surface area contributed by atoms with Crippen molar-refractivity contribution in [2.75, 3.05) is 0 Å². The number of aromatic nitrogens is 4. The highest BCUT2D eigenvalue weighted by molar-refractivity contribution is 6.92. The third-order valence-corrected chi connectivity index (χ3v) is 26.5. The van der Waals surface area contributed by atoms with Gasteiger partial charge in [-0.1, -0.05) is 336 Å². The summed E-state index contributed by atoms with van der Waals surface area (Å²) >= 11 is 0. The van der Waals surface area contributed by atoms with Gasteiger partial charge in [-0.2, -0.15) is 0 Å². The van der Waals surface area contributed by atoms with Crippen molar-refractivity contribution in [2.45, 2.75) is 209 Å². The summed E-state index contributed by atoms with van der Waals surface area (Å²) in [4.78, 5) is 0. The Kier molecular flexibility index (Phi) is 14.4. The summed E-state index contributed by atoms with van der Waals surface area (Å²) in [5, 5.41) is 7.72. The van der Waals surface area contributed by atoms with E-state index < -0.39 is 0 Å². The molecule has 0 aliphatic carbocycles. The normalized spacial score (nSPS) is 14.2. The number of rotatable bonds is 4. The molecule has 20 rings (SSSR count). The fourth-order valence-electron chi connectivity index (χ4n) is 19.9. The lowest BCUT2D eigenvalue weighted by molar-refractivity contribution is 0.568. The Hall–Kier alpha value is -10.3. The maximum atomic E-state index is 2.88. The van der Waals surface area contributed by atoms with Gasteiger partial charge in [0.1, 0.15) is 0 Å². The first-order valence-electron chi connectivity index (χ1n) is 41.3. The first-order valence-corrected chi connectivity index (χ1v) is 41.3. The van der Waals surface area contributed by atoms with Crippen molar-refractivity contribution in [3.63, 3.8) is 0 Å². The molecule has 0 amide bonds. The van der Waals surface area contributed by atoms with E-state index in [1.165, 1.54) is 221 Å². The van der Waals surface area contributed by atoms with Crippen molar-refractivity contribution in [1.82, 2.24) is 18.1 Å². The summed E-state index contributed by atoms with van der Waals surface area (Å²) in [7, 11) is 0. The van der Waals surface area contributed by atoms with E-state index in [-0.39, 0.29) is 57.0 Å². The maximum absolute atomic E-state index is 2.88. The van der Waals surface area contributed by atoms with E-state index in [0.29, 0.717) is 0 Å². The highest BCUT2D eigenvalue weighted by atomic mass is 15.1. The van der Waals surface area contributed by atoms with Crippen molar-refractivity contribution in [3.8, 4) is 78.1 Å². The van der Waals surface area contributed by atoms with Crippen LogP contribution >= 0.6 is 0 Å². The van der Waals surface area contributed by atoms with Gasteiger partial charge in [-0.25, -0.2) is 0 Å². The summed E-state index contributed by atoms with van der Waals surface area (Å²) in [5.41, 5.74) is 44.0. The molecule has 8 heterocycles. The van der Waals surface area contributed by atoms with Gasteiger partial charge in [-0.3, -0.25) is 0 Å². The van der Waals surface area contributed by atoms with Crippen molar-refractivity contribution < 1.29 is 0 Å². The molecule has 6 heteroatoms. The van der Waals surface area contributed by atoms with Crippen LogP contribution in [0.2, 0.25) is 0 Å².